The molecule has 8 heteroatoms. The number of amides is 2. The van der Waals surface area contributed by atoms with Gasteiger partial charge in [0.05, 0.1) is 22.5 Å². The first kappa shape index (κ1) is 20.3. The molecular weight excluding hydrogens is 423 g/mol. The molecule has 3 aromatic rings. The van der Waals surface area contributed by atoms with Gasteiger partial charge in [0.1, 0.15) is 10.3 Å². The molecule has 0 N–H and O–H groups in total. The molecule has 30 heavy (non-hydrogen) atoms. The largest absolute Gasteiger partial charge is 0.306 e. The standard InChI is InChI=1S/C22H18Cl2N4O2/c1-14-12-27(21(29)15-6-8-19(23)25-10-15)17-4-2-3-5-18(17)28(13-14)22(30)16-7-9-20(24)26-11-16/h2-11,14H,12-13H2,1H3. The lowest BCUT2D eigenvalue weighted by molar-refractivity contribution is 0.0981. The molecule has 0 saturated carbocycles. The van der Waals surface area contributed by atoms with Crippen LogP contribution in [-0.4, -0.2) is 34.9 Å². The fraction of sp³-hybridized carbons (Fsp3) is 0.182. The minimum absolute atomic E-state index is 0.0332. The minimum atomic E-state index is -0.194. The topological polar surface area (TPSA) is 66.4 Å². The lowest BCUT2D eigenvalue weighted by atomic mass is 10.1. The lowest BCUT2D eigenvalue weighted by Gasteiger charge is -2.25. The van der Waals surface area contributed by atoms with E-state index in [1.54, 1.807) is 34.1 Å². The summed E-state index contributed by atoms with van der Waals surface area (Å²) in [4.78, 5) is 38.0. The average molecular weight is 441 g/mol. The van der Waals surface area contributed by atoms with Crippen LogP contribution in [0.2, 0.25) is 10.3 Å². The summed E-state index contributed by atoms with van der Waals surface area (Å²) in [6.45, 7) is 2.93. The van der Waals surface area contributed by atoms with Gasteiger partial charge < -0.3 is 9.80 Å². The number of carbonyl (C=O) groups excluding carboxylic acids is 2. The smallest absolute Gasteiger partial charge is 0.259 e. The molecule has 0 fully saturated rings. The molecule has 0 bridgehead atoms. The van der Waals surface area contributed by atoms with Gasteiger partial charge in [-0.2, -0.15) is 0 Å². The van der Waals surface area contributed by atoms with E-state index in [4.69, 9.17) is 23.2 Å². The van der Waals surface area contributed by atoms with Crippen molar-refractivity contribution < 1.29 is 9.59 Å². The van der Waals surface area contributed by atoms with Gasteiger partial charge in [-0.15, -0.1) is 0 Å². The third-order valence-corrected chi connectivity index (χ3v) is 5.34. The molecule has 4 rings (SSSR count). The van der Waals surface area contributed by atoms with Gasteiger partial charge in [0.2, 0.25) is 0 Å². The molecule has 152 valence electrons. The number of halogens is 2. The first-order chi connectivity index (χ1) is 14.4. The third kappa shape index (κ3) is 4.01. The molecule has 1 aromatic carbocycles. The van der Waals surface area contributed by atoms with Crippen molar-refractivity contribution in [3.63, 3.8) is 0 Å². The summed E-state index contributed by atoms with van der Waals surface area (Å²) in [6, 6.07) is 13.9. The van der Waals surface area contributed by atoms with Gasteiger partial charge in [0.15, 0.2) is 0 Å². The van der Waals surface area contributed by atoms with Crippen LogP contribution in [0.1, 0.15) is 27.6 Å². The van der Waals surface area contributed by atoms with Crippen molar-refractivity contribution in [2.45, 2.75) is 6.92 Å². The van der Waals surface area contributed by atoms with Gasteiger partial charge in [-0.05, 0) is 42.3 Å². The molecule has 0 saturated heterocycles. The van der Waals surface area contributed by atoms with Crippen LogP contribution < -0.4 is 9.80 Å². The number of rotatable bonds is 2. The normalized spacial score (nSPS) is 14.2. The highest BCUT2D eigenvalue weighted by molar-refractivity contribution is 6.29. The average Bonchev–Trinajstić information content (AvgIpc) is 2.90. The molecule has 2 amide bonds. The number of hydrogen-bond donors (Lipinski definition) is 0. The zero-order chi connectivity index (χ0) is 21.3. The Hall–Kier alpha value is -2.96. The van der Waals surface area contributed by atoms with Crippen molar-refractivity contribution in [1.29, 1.82) is 0 Å². The third-order valence-electron chi connectivity index (χ3n) is 4.89. The van der Waals surface area contributed by atoms with Gasteiger partial charge in [-0.1, -0.05) is 42.3 Å². The van der Waals surface area contributed by atoms with Crippen LogP contribution in [0.15, 0.2) is 60.9 Å². The van der Waals surface area contributed by atoms with Gasteiger partial charge in [-0.3, -0.25) is 9.59 Å². The first-order valence-corrected chi connectivity index (χ1v) is 10.2. The maximum atomic E-state index is 13.3. The molecule has 0 spiro atoms. The van der Waals surface area contributed by atoms with Crippen LogP contribution in [0.5, 0.6) is 0 Å². The van der Waals surface area contributed by atoms with Gasteiger partial charge in [0.25, 0.3) is 11.8 Å². The van der Waals surface area contributed by atoms with Gasteiger partial charge >= 0.3 is 0 Å². The Balaban J connectivity index is 1.75. The zero-order valence-electron chi connectivity index (χ0n) is 16.1. The molecular formula is C22H18Cl2N4O2. The quantitative estimate of drug-likeness (QED) is 0.540. The highest BCUT2D eigenvalue weighted by Crippen LogP contribution is 2.35. The maximum absolute atomic E-state index is 13.3. The van der Waals surface area contributed by atoms with E-state index in [0.29, 0.717) is 45.9 Å². The second-order valence-electron chi connectivity index (χ2n) is 7.16. The van der Waals surface area contributed by atoms with E-state index in [9.17, 15) is 9.59 Å². The van der Waals surface area contributed by atoms with E-state index in [2.05, 4.69) is 9.97 Å². The Kier molecular flexibility index (Phi) is 5.70. The number of aromatic nitrogens is 2. The molecule has 0 radical (unpaired) electrons. The number of carbonyl (C=O) groups is 2. The highest BCUT2D eigenvalue weighted by atomic mass is 35.5. The number of nitrogens with zero attached hydrogens (tertiary/aromatic N) is 4. The van der Waals surface area contributed by atoms with Crippen LogP contribution in [0.3, 0.4) is 0 Å². The summed E-state index contributed by atoms with van der Waals surface area (Å²) >= 11 is 11.7. The molecule has 3 heterocycles. The number of hydrogen-bond acceptors (Lipinski definition) is 4. The fourth-order valence-corrected chi connectivity index (χ4v) is 3.72. The van der Waals surface area contributed by atoms with Crippen molar-refractivity contribution in [2.75, 3.05) is 22.9 Å². The van der Waals surface area contributed by atoms with Gasteiger partial charge in [-0.25, -0.2) is 9.97 Å². The fourth-order valence-electron chi connectivity index (χ4n) is 3.50. The van der Waals surface area contributed by atoms with Crippen molar-refractivity contribution in [3.05, 3.63) is 82.4 Å². The second-order valence-corrected chi connectivity index (χ2v) is 7.94. The monoisotopic (exact) mass is 440 g/mol. The van der Waals surface area contributed by atoms with E-state index in [1.807, 2.05) is 31.2 Å². The van der Waals surface area contributed by atoms with E-state index < -0.39 is 0 Å². The van der Waals surface area contributed by atoms with E-state index >= 15 is 0 Å². The van der Waals surface area contributed by atoms with Crippen molar-refractivity contribution in [1.82, 2.24) is 9.97 Å². The Morgan fingerprint density at radius 3 is 1.60 bits per heavy atom. The SMILES string of the molecule is CC1CN(C(=O)c2ccc(Cl)nc2)c2ccccc2N(C(=O)c2ccc(Cl)nc2)C1. The molecule has 1 aliphatic rings. The molecule has 6 nitrogen and oxygen atoms in total. The second kappa shape index (κ2) is 8.42. The van der Waals surface area contributed by atoms with Crippen LogP contribution in [0.25, 0.3) is 0 Å². The van der Waals surface area contributed by atoms with E-state index in [1.165, 1.54) is 12.4 Å². The predicted molar refractivity (Wildman–Crippen MR) is 117 cm³/mol. The predicted octanol–water partition coefficient (Wildman–Crippen LogP) is 4.73. The summed E-state index contributed by atoms with van der Waals surface area (Å²) in [6.07, 6.45) is 2.93. The Labute approximate surface area is 184 Å². The lowest BCUT2D eigenvalue weighted by Crippen LogP contribution is -2.36. The van der Waals surface area contributed by atoms with Gasteiger partial charge in [0, 0.05) is 25.5 Å². The minimum Gasteiger partial charge on any atom is -0.306 e. The number of pyridine rings is 2. The number of para-hydroxylation sites is 2. The summed E-state index contributed by atoms with van der Waals surface area (Å²) in [7, 11) is 0. The van der Waals surface area contributed by atoms with Crippen LogP contribution in [-0.2, 0) is 0 Å². The molecule has 0 unspecified atom stereocenters. The number of anilines is 2. The zero-order valence-corrected chi connectivity index (χ0v) is 17.6. The summed E-state index contributed by atoms with van der Waals surface area (Å²) in [5.74, 6) is -0.354. The molecule has 0 aliphatic carbocycles. The van der Waals surface area contributed by atoms with Crippen LogP contribution in [0, 0.1) is 5.92 Å². The van der Waals surface area contributed by atoms with E-state index in [0.717, 1.165) is 0 Å². The Morgan fingerprint density at radius 1 is 0.800 bits per heavy atom. The molecule has 1 aliphatic heterocycles. The van der Waals surface area contributed by atoms with Crippen molar-refractivity contribution in [3.8, 4) is 0 Å². The highest BCUT2D eigenvalue weighted by Gasteiger charge is 2.31. The molecule has 0 atom stereocenters. The summed E-state index contributed by atoms with van der Waals surface area (Å²) in [5, 5.41) is 0.647. The number of benzene rings is 1. The molecule has 2 aromatic heterocycles. The van der Waals surface area contributed by atoms with Crippen LogP contribution >= 0.6 is 23.2 Å². The van der Waals surface area contributed by atoms with Crippen molar-refractivity contribution >= 4 is 46.4 Å². The summed E-state index contributed by atoms with van der Waals surface area (Å²) < 4.78 is 0. The first-order valence-electron chi connectivity index (χ1n) is 9.40. The van der Waals surface area contributed by atoms with Crippen molar-refractivity contribution in [2.24, 2.45) is 5.92 Å². The van der Waals surface area contributed by atoms with Crippen LogP contribution in [0.4, 0.5) is 11.4 Å². The Bertz CT molecular complexity index is 1000. The maximum Gasteiger partial charge on any atom is 0.259 e. The van der Waals surface area contributed by atoms with E-state index in [-0.39, 0.29) is 17.7 Å². The Morgan fingerprint density at radius 2 is 1.23 bits per heavy atom. The summed E-state index contributed by atoms with van der Waals surface area (Å²) in [5.41, 5.74) is 2.19. The number of fused-ring (bicyclic) bond motifs is 1.